The average molecular weight is 422 g/mol. The lowest BCUT2D eigenvalue weighted by Gasteiger charge is -2.15. The smallest absolute Gasteiger partial charge is 0.332 e. The Morgan fingerprint density at radius 2 is 1.65 bits per heavy atom. The van der Waals surface area contributed by atoms with Gasteiger partial charge in [-0.1, -0.05) is 42.5 Å². The molecule has 0 radical (unpaired) electrons. The van der Waals surface area contributed by atoms with Crippen molar-refractivity contribution in [3.63, 3.8) is 0 Å². The van der Waals surface area contributed by atoms with E-state index < -0.39 is 11.9 Å². The van der Waals surface area contributed by atoms with Crippen molar-refractivity contribution in [2.24, 2.45) is 0 Å². The molecule has 0 amide bonds. The van der Waals surface area contributed by atoms with E-state index in [1.54, 1.807) is 6.33 Å². The number of benzene rings is 2. The van der Waals surface area contributed by atoms with Gasteiger partial charge in [-0.3, -0.25) is 0 Å². The molecular formula is C24H21F3N4. The summed E-state index contributed by atoms with van der Waals surface area (Å²) in [5, 5.41) is 3.96. The Bertz CT molecular complexity index is 1190. The van der Waals surface area contributed by atoms with Gasteiger partial charge in [0.25, 0.3) is 0 Å². The summed E-state index contributed by atoms with van der Waals surface area (Å²) in [4.78, 5) is 4.46. The molecule has 0 fully saturated rings. The van der Waals surface area contributed by atoms with Gasteiger partial charge in [0.2, 0.25) is 0 Å². The third-order valence-electron chi connectivity index (χ3n) is 5.70. The normalized spacial score (nSPS) is 13.9. The second-order valence-corrected chi connectivity index (χ2v) is 7.85. The standard InChI is InChI=1S/C24H21F3N4/c25-24(26,27)23-20-8-4-5-9-22(20)31(29-23)19-12-10-17(11-13-19)14-30-15-21(28-16-30)18-6-2-1-3-7-18/h1-3,6-7,10-13,15-16H,4-5,8-9,14H2. The van der Waals surface area contributed by atoms with E-state index in [0.29, 0.717) is 36.3 Å². The van der Waals surface area contributed by atoms with Crippen molar-refractivity contribution in [2.45, 2.75) is 38.4 Å². The molecule has 0 spiro atoms. The zero-order chi connectivity index (χ0) is 21.4. The monoisotopic (exact) mass is 422 g/mol. The van der Waals surface area contributed by atoms with E-state index in [4.69, 9.17) is 0 Å². The second-order valence-electron chi connectivity index (χ2n) is 7.85. The first-order valence-corrected chi connectivity index (χ1v) is 10.3. The molecule has 0 aliphatic heterocycles. The largest absolute Gasteiger partial charge is 0.435 e. The van der Waals surface area contributed by atoms with Crippen LogP contribution in [0.4, 0.5) is 13.2 Å². The number of fused-ring (bicyclic) bond motifs is 1. The SMILES string of the molecule is FC(F)(F)c1nn(-c2ccc(Cn3cnc(-c4ccccc4)c3)cc2)c2c1CCCC2. The van der Waals surface area contributed by atoms with E-state index in [0.717, 1.165) is 29.7 Å². The summed E-state index contributed by atoms with van der Waals surface area (Å²) in [7, 11) is 0. The molecule has 2 aromatic carbocycles. The second kappa shape index (κ2) is 7.72. The van der Waals surface area contributed by atoms with Gasteiger partial charge in [0.15, 0.2) is 5.69 Å². The van der Waals surface area contributed by atoms with Gasteiger partial charge in [0.05, 0.1) is 17.7 Å². The minimum absolute atomic E-state index is 0.356. The maximum absolute atomic E-state index is 13.5. The van der Waals surface area contributed by atoms with Crippen molar-refractivity contribution in [1.29, 1.82) is 0 Å². The molecular weight excluding hydrogens is 401 g/mol. The summed E-state index contributed by atoms with van der Waals surface area (Å²) >= 11 is 0. The van der Waals surface area contributed by atoms with Crippen molar-refractivity contribution < 1.29 is 13.2 Å². The van der Waals surface area contributed by atoms with E-state index in [-0.39, 0.29) is 0 Å². The molecule has 0 atom stereocenters. The van der Waals surface area contributed by atoms with Crippen LogP contribution in [-0.2, 0) is 25.6 Å². The van der Waals surface area contributed by atoms with Gasteiger partial charge in [0, 0.05) is 29.6 Å². The van der Waals surface area contributed by atoms with Gasteiger partial charge in [-0.2, -0.15) is 18.3 Å². The number of hydrogen-bond acceptors (Lipinski definition) is 2. The summed E-state index contributed by atoms with van der Waals surface area (Å²) < 4.78 is 43.8. The predicted octanol–water partition coefficient (Wildman–Crippen LogP) is 5.68. The Labute approximate surface area is 178 Å². The molecule has 0 saturated carbocycles. The zero-order valence-electron chi connectivity index (χ0n) is 16.8. The average Bonchev–Trinajstić information content (AvgIpc) is 3.40. The van der Waals surface area contributed by atoms with Crippen LogP contribution in [0.5, 0.6) is 0 Å². The van der Waals surface area contributed by atoms with Crippen molar-refractivity contribution >= 4 is 0 Å². The molecule has 31 heavy (non-hydrogen) atoms. The number of alkyl halides is 3. The molecule has 1 aliphatic rings. The van der Waals surface area contributed by atoms with Crippen LogP contribution < -0.4 is 0 Å². The quantitative estimate of drug-likeness (QED) is 0.424. The first-order valence-electron chi connectivity index (χ1n) is 10.3. The van der Waals surface area contributed by atoms with Gasteiger partial charge in [-0.05, 0) is 43.4 Å². The van der Waals surface area contributed by atoms with Gasteiger partial charge >= 0.3 is 6.18 Å². The first-order chi connectivity index (χ1) is 15.0. The fraction of sp³-hybridized carbons (Fsp3) is 0.250. The van der Waals surface area contributed by atoms with Gasteiger partial charge in [-0.15, -0.1) is 0 Å². The molecule has 0 N–H and O–H groups in total. The number of rotatable bonds is 4. The van der Waals surface area contributed by atoms with Gasteiger partial charge in [-0.25, -0.2) is 9.67 Å². The fourth-order valence-electron chi connectivity index (χ4n) is 4.20. The van der Waals surface area contributed by atoms with Crippen LogP contribution in [0.25, 0.3) is 16.9 Å². The Balaban J connectivity index is 1.39. The predicted molar refractivity (Wildman–Crippen MR) is 112 cm³/mol. The van der Waals surface area contributed by atoms with E-state index in [1.807, 2.05) is 65.4 Å². The van der Waals surface area contributed by atoms with E-state index in [1.165, 1.54) is 4.68 Å². The number of aromatic nitrogens is 4. The van der Waals surface area contributed by atoms with Crippen molar-refractivity contribution in [2.75, 3.05) is 0 Å². The van der Waals surface area contributed by atoms with E-state index in [2.05, 4.69) is 10.1 Å². The molecule has 7 heteroatoms. The number of nitrogens with zero attached hydrogens (tertiary/aromatic N) is 4. The van der Waals surface area contributed by atoms with Crippen molar-refractivity contribution in [3.8, 4) is 16.9 Å². The third-order valence-corrected chi connectivity index (χ3v) is 5.70. The van der Waals surface area contributed by atoms with Gasteiger partial charge in [0.1, 0.15) is 0 Å². The summed E-state index contributed by atoms with van der Waals surface area (Å²) in [5.74, 6) is 0. The topological polar surface area (TPSA) is 35.6 Å². The zero-order valence-corrected chi connectivity index (χ0v) is 16.8. The lowest BCUT2D eigenvalue weighted by molar-refractivity contribution is -0.142. The Kier molecular flexibility index (Phi) is 4.88. The minimum Gasteiger partial charge on any atom is -0.332 e. The van der Waals surface area contributed by atoms with Crippen molar-refractivity contribution in [3.05, 3.63) is 89.6 Å². The molecule has 0 unspecified atom stereocenters. The highest BCUT2D eigenvalue weighted by atomic mass is 19.4. The van der Waals surface area contributed by atoms with Crippen molar-refractivity contribution in [1.82, 2.24) is 19.3 Å². The van der Waals surface area contributed by atoms with Crippen LogP contribution in [0.15, 0.2) is 67.1 Å². The van der Waals surface area contributed by atoms with Gasteiger partial charge < -0.3 is 4.57 Å². The molecule has 4 aromatic rings. The highest BCUT2D eigenvalue weighted by molar-refractivity contribution is 5.57. The summed E-state index contributed by atoms with van der Waals surface area (Å²) in [5.41, 5.74) is 3.97. The maximum Gasteiger partial charge on any atom is 0.435 e. The molecule has 4 nitrogen and oxygen atoms in total. The lowest BCUT2D eigenvalue weighted by atomic mass is 9.95. The number of imidazole rings is 1. The molecule has 158 valence electrons. The molecule has 2 heterocycles. The van der Waals surface area contributed by atoms with E-state index >= 15 is 0 Å². The van der Waals surface area contributed by atoms with Crippen LogP contribution >= 0.6 is 0 Å². The molecule has 0 bridgehead atoms. The number of halogens is 3. The summed E-state index contributed by atoms with van der Waals surface area (Å²) in [6, 6.07) is 17.5. The molecule has 5 rings (SSSR count). The Hall–Kier alpha value is -3.35. The minimum atomic E-state index is -4.43. The van der Waals surface area contributed by atoms with Crippen LogP contribution in [0.2, 0.25) is 0 Å². The molecule has 2 aromatic heterocycles. The van der Waals surface area contributed by atoms with Crippen LogP contribution in [-0.4, -0.2) is 19.3 Å². The highest BCUT2D eigenvalue weighted by Crippen LogP contribution is 2.36. The fourth-order valence-corrected chi connectivity index (χ4v) is 4.20. The van der Waals surface area contributed by atoms with Crippen LogP contribution in [0.3, 0.4) is 0 Å². The van der Waals surface area contributed by atoms with Crippen LogP contribution in [0, 0.1) is 0 Å². The first kappa shape index (κ1) is 19.6. The molecule has 1 aliphatic carbocycles. The Morgan fingerprint density at radius 3 is 2.39 bits per heavy atom. The third kappa shape index (κ3) is 3.87. The lowest BCUT2D eigenvalue weighted by Crippen LogP contribution is -2.11. The van der Waals surface area contributed by atoms with Crippen LogP contribution in [0.1, 0.15) is 35.4 Å². The number of hydrogen-bond donors (Lipinski definition) is 0. The summed E-state index contributed by atoms with van der Waals surface area (Å²) in [6.07, 6.45) is 2.07. The Morgan fingerprint density at radius 1 is 0.903 bits per heavy atom. The summed E-state index contributed by atoms with van der Waals surface area (Å²) in [6.45, 7) is 0.630. The maximum atomic E-state index is 13.5. The highest BCUT2D eigenvalue weighted by Gasteiger charge is 2.39. The molecule has 0 saturated heterocycles. The van der Waals surface area contributed by atoms with E-state index in [9.17, 15) is 13.2 Å².